The summed E-state index contributed by atoms with van der Waals surface area (Å²) in [5, 5.41) is 28.7. The molecule has 0 aromatic heterocycles. The second-order valence-corrected chi connectivity index (χ2v) is 10.7. The number of aryl methyl sites for hydroxylation is 1. The Morgan fingerprint density at radius 3 is 2.11 bits per heavy atom. The number of hydrogen-bond donors (Lipinski definition) is 3. The third-order valence-corrected chi connectivity index (χ3v) is 6.66. The number of carboxylic acid groups (broad SMARTS) is 1. The van der Waals surface area contributed by atoms with Crippen LogP contribution in [0.1, 0.15) is 48.6 Å². The Bertz CT molecular complexity index is 1280. The summed E-state index contributed by atoms with van der Waals surface area (Å²) in [6, 6.07) is 12.8. The maximum absolute atomic E-state index is 15.1. The molecule has 0 fully saturated rings. The van der Waals surface area contributed by atoms with Crippen molar-refractivity contribution < 1.29 is 24.5 Å². The summed E-state index contributed by atoms with van der Waals surface area (Å²) < 4.78 is 17.2. The van der Waals surface area contributed by atoms with Gasteiger partial charge in [0.2, 0.25) is 0 Å². The lowest BCUT2D eigenvalue weighted by atomic mass is 9.80. The van der Waals surface area contributed by atoms with Crippen LogP contribution in [0.15, 0.2) is 55.6 Å². The Kier molecular flexibility index (Phi) is 10.7. The summed E-state index contributed by atoms with van der Waals surface area (Å²) in [6.45, 7) is 15.3. The van der Waals surface area contributed by atoms with Crippen molar-refractivity contribution in [2.75, 3.05) is 10.6 Å². The first-order valence-electron chi connectivity index (χ1n) is 12.3. The Hall–Kier alpha value is -3.13. The first kappa shape index (κ1) is 31.1. The van der Waals surface area contributed by atoms with Gasteiger partial charge in [0.25, 0.3) is 0 Å². The largest absolute Gasteiger partial charge is 0.481 e. The molecule has 1 heterocycles. The van der Waals surface area contributed by atoms with Crippen LogP contribution in [-0.2, 0) is 24.4 Å². The number of halogens is 1. The fourth-order valence-corrected chi connectivity index (χ4v) is 5.20. The predicted octanol–water partition coefficient (Wildman–Crippen LogP) is 7.07. The predicted molar refractivity (Wildman–Crippen MR) is 157 cm³/mol. The molecule has 3 N–H and O–H groups in total. The molecule has 3 aromatic rings. The van der Waals surface area contributed by atoms with Crippen molar-refractivity contribution >= 4 is 23.6 Å². The molecular weight excluding hydrogens is 501 g/mol. The second-order valence-electron chi connectivity index (χ2n) is 9.94. The molecule has 0 spiro atoms. The van der Waals surface area contributed by atoms with Crippen LogP contribution in [0.2, 0.25) is 0 Å². The zero-order chi connectivity index (χ0) is 28.8. The van der Waals surface area contributed by atoms with Gasteiger partial charge in [0.15, 0.2) is 0 Å². The number of aliphatic carboxylic acids is 1. The highest BCUT2D eigenvalue weighted by atomic mass is 32.2. The molecular formula is C31H38FNO4S. The molecule has 0 amide bonds. The zero-order valence-corrected chi connectivity index (χ0v) is 23.9. The van der Waals surface area contributed by atoms with Crippen molar-refractivity contribution in [2.45, 2.75) is 59.8 Å². The molecule has 0 saturated heterocycles. The second kappa shape index (κ2) is 13.1. The molecule has 3 aromatic carbocycles. The summed E-state index contributed by atoms with van der Waals surface area (Å²) in [6.07, 6.45) is 1.76. The lowest BCUT2D eigenvalue weighted by Crippen LogP contribution is -2.23. The topological polar surface area (TPSA) is 81.0 Å². The molecule has 7 heteroatoms. The highest BCUT2D eigenvalue weighted by Crippen LogP contribution is 2.51. The van der Waals surface area contributed by atoms with Crippen LogP contribution in [0.5, 0.6) is 0 Å². The summed E-state index contributed by atoms with van der Waals surface area (Å²) in [5.41, 5.74) is 6.85. The minimum atomic E-state index is -0.946. The van der Waals surface area contributed by atoms with Gasteiger partial charge >= 0.3 is 5.97 Å². The highest BCUT2D eigenvalue weighted by molar-refractivity contribution is 7.99. The van der Waals surface area contributed by atoms with Crippen molar-refractivity contribution in [2.24, 2.45) is 0 Å². The molecule has 0 unspecified atom stereocenters. The third-order valence-electron chi connectivity index (χ3n) is 5.91. The van der Waals surface area contributed by atoms with E-state index in [0.29, 0.717) is 34.4 Å². The Morgan fingerprint density at radius 2 is 1.61 bits per heavy atom. The number of rotatable bonds is 5. The van der Waals surface area contributed by atoms with Gasteiger partial charge in [-0.25, -0.2) is 4.39 Å². The van der Waals surface area contributed by atoms with Gasteiger partial charge < -0.3 is 19.6 Å². The fraction of sp³-hybridized carbons (Fsp3) is 0.323. The number of aliphatic hydroxyl groups excluding tert-OH is 1. The monoisotopic (exact) mass is 539 g/mol. The van der Waals surface area contributed by atoms with Crippen LogP contribution >= 0.6 is 11.9 Å². The fourth-order valence-electron chi connectivity index (χ4n) is 4.52. The minimum absolute atomic E-state index is 0.179. The van der Waals surface area contributed by atoms with Gasteiger partial charge in [-0.1, -0.05) is 53.9 Å². The molecule has 1 aliphatic heterocycles. The number of hydrogen-bond acceptors (Lipinski definition) is 5. The van der Waals surface area contributed by atoms with E-state index in [9.17, 15) is 15.0 Å². The Morgan fingerprint density at radius 1 is 1.03 bits per heavy atom. The summed E-state index contributed by atoms with van der Waals surface area (Å²) in [4.78, 5) is 11.8. The molecule has 38 heavy (non-hydrogen) atoms. The number of benzene rings is 3. The van der Waals surface area contributed by atoms with E-state index in [-0.39, 0.29) is 18.8 Å². The van der Waals surface area contributed by atoms with Crippen LogP contribution in [0.4, 0.5) is 10.1 Å². The quantitative estimate of drug-likeness (QED) is 0.238. The van der Waals surface area contributed by atoms with Gasteiger partial charge in [-0.15, -0.1) is 13.2 Å². The Balaban J connectivity index is 0.000000651. The van der Waals surface area contributed by atoms with E-state index in [1.165, 1.54) is 18.0 Å². The molecule has 5 nitrogen and oxygen atoms in total. The van der Waals surface area contributed by atoms with Gasteiger partial charge in [-0.05, 0) is 74.1 Å². The first-order chi connectivity index (χ1) is 17.9. The van der Waals surface area contributed by atoms with E-state index in [0.717, 1.165) is 27.9 Å². The number of nitrogens with zero attached hydrogens (tertiary/aromatic N) is 1. The molecule has 0 bridgehead atoms. The van der Waals surface area contributed by atoms with Crippen LogP contribution in [0.25, 0.3) is 22.3 Å². The summed E-state index contributed by atoms with van der Waals surface area (Å²) in [5.74, 6) is -1.28. The van der Waals surface area contributed by atoms with Crippen molar-refractivity contribution in [3.8, 4) is 22.3 Å². The van der Waals surface area contributed by atoms with Crippen molar-refractivity contribution in [1.82, 2.24) is 0 Å². The summed E-state index contributed by atoms with van der Waals surface area (Å²) >= 11 is 1.50. The zero-order valence-electron chi connectivity index (χ0n) is 23.1. The van der Waals surface area contributed by atoms with Crippen LogP contribution in [0, 0.1) is 19.7 Å². The SMILES string of the molecule is C=C.CC(C)(C)O.CSN1Cc2cccc(F)c2-c2c(CO)c(-c3ccc(C)cc3)c(CC(=O)O)c(C)c21. The molecule has 0 saturated carbocycles. The highest BCUT2D eigenvalue weighted by Gasteiger charge is 2.32. The molecule has 0 atom stereocenters. The van der Waals surface area contributed by atoms with E-state index in [2.05, 4.69) is 17.5 Å². The van der Waals surface area contributed by atoms with Crippen molar-refractivity contribution in [3.05, 3.63) is 89.3 Å². The minimum Gasteiger partial charge on any atom is -0.481 e. The summed E-state index contributed by atoms with van der Waals surface area (Å²) in [7, 11) is 0. The van der Waals surface area contributed by atoms with Gasteiger partial charge in [0.1, 0.15) is 5.82 Å². The van der Waals surface area contributed by atoms with Gasteiger partial charge in [-0.3, -0.25) is 4.79 Å². The molecule has 0 aliphatic carbocycles. The van der Waals surface area contributed by atoms with Gasteiger partial charge in [0.05, 0.1) is 30.9 Å². The molecule has 0 radical (unpaired) electrons. The lowest BCUT2D eigenvalue weighted by Gasteiger charge is -2.36. The standard InChI is InChI=1S/C25H24FNO3S.C4H10O.C2H4/c1-14-7-9-16(10-8-14)22-18(11-21(29)30)15(2)25-24(19(22)13-28)23-17(12-27(25)31-3)5-4-6-20(23)26;1-4(2,3)5;1-2/h4-10,28H,11-13H2,1-3H3,(H,29,30);5H,1-3H3;1-2H2. The van der Waals surface area contributed by atoms with E-state index in [4.69, 9.17) is 5.11 Å². The maximum Gasteiger partial charge on any atom is 0.307 e. The van der Waals surface area contributed by atoms with E-state index >= 15 is 4.39 Å². The number of aliphatic hydroxyl groups is 2. The van der Waals surface area contributed by atoms with Crippen LogP contribution in [0.3, 0.4) is 0 Å². The van der Waals surface area contributed by atoms with E-state index < -0.39 is 11.6 Å². The normalized spacial score (nSPS) is 11.9. The van der Waals surface area contributed by atoms with Crippen LogP contribution < -0.4 is 4.31 Å². The van der Waals surface area contributed by atoms with Gasteiger partial charge in [-0.2, -0.15) is 0 Å². The number of carboxylic acids is 1. The number of fused-ring (bicyclic) bond motifs is 3. The first-order valence-corrected chi connectivity index (χ1v) is 13.4. The van der Waals surface area contributed by atoms with Gasteiger partial charge in [0, 0.05) is 17.4 Å². The number of carbonyl (C=O) groups is 1. The Labute approximate surface area is 229 Å². The number of anilines is 1. The lowest BCUT2D eigenvalue weighted by molar-refractivity contribution is -0.136. The molecule has 204 valence electrons. The van der Waals surface area contributed by atoms with E-state index in [1.807, 2.05) is 50.4 Å². The third kappa shape index (κ3) is 7.04. The van der Waals surface area contributed by atoms with Crippen molar-refractivity contribution in [3.63, 3.8) is 0 Å². The van der Waals surface area contributed by atoms with Crippen LogP contribution in [-0.4, -0.2) is 33.1 Å². The molecule has 4 rings (SSSR count). The average Bonchev–Trinajstić information content (AvgIpc) is 2.85. The molecule has 1 aliphatic rings. The average molecular weight is 540 g/mol. The maximum atomic E-state index is 15.1. The van der Waals surface area contributed by atoms with Crippen molar-refractivity contribution in [1.29, 1.82) is 0 Å². The van der Waals surface area contributed by atoms with E-state index in [1.54, 1.807) is 26.8 Å². The smallest absolute Gasteiger partial charge is 0.307 e.